The molecule has 0 radical (unpaired) electrons. The predicted molar refractivity (Wildman–Crippen MR) is 103 cm³/mol. The molecule has 3 N–H and O–H groups in total. The Kier molecular flexibility index (Phi) is 9.82. The van der Waals surface area contributed by atoms with E-state index in [-0.39, 0.29) is 22.8 Å². The molecule has 3 atom stereocenters. The average Bonchev–Trinajstić information content (AvgIpc) is 2.75. The van der Waals surface area contributed by atoms with Crippen molar-refractivity contribution in [1.82, 2.24) is 0 Å². The van der Waals surface area contributed by atoms with E-state index in [9.17, 15) is 29.0 Å². The number of aliphatic hydroxyl groups excluding tert-OH is 3. The van der Waals surface area contributed by atoms with E-state index >= 15 is 0 Å². The van der Waals surface area contributed by atoms with Crippen molar-refractivity contribution in [2.24, 2.45) is 0 Å². The lowest BCUT2D eigenvalue weighted by Gasteiger charge is -2.24. The van der Waals surface area contributed by atoms with Gasteiger partial charge in [0.05, 0.1) is 13.3 Å². The van der Waals surface area contributed by atoms with Crippen molar-refractivity contribution in [2.45, 2.75) is 6.16 Å². The zero-order chi connectivity index (χ0) is 22.3. The Bertz CT molecular complexity index is 753. The van der Waals surface area contributed by atoms with E-state index < -0.39 is 47.8 Å². The normalized spacial score (nSPS) is 17.6. The molecule has 0 spiro atoms. The van der Waals surface area contributed by atoms with Crippen molar-refractivity contribution >= 4 is 22.6 Å². The van der Waals surface area contributed by atoms with Crippen molar-refractivity contribution in [3.05, 3.63) is 17.7 Å². The molecule has 0 saturated carbocycles. The third-order valence-corrected chi connectivity index (χ3v) is 8.35. The van der Waals surface area contributed by atoms with E-state index in [1.165, 1.54) is 19.2 Å². The maximum Gasteiger partial charge on any atom is 0.404 e. The monoisotopic (exact) mass is 478 g/mol. The van der Waals surface area contributed by atoms with Gasteiger partial charge in [-0.1, -0.05) is 0 Å². The first-order valence-electron chi connectivity index (χ1n) is 7.93. The van der Waals surface area contributed by atoms with E-state index in [1.54, 1.807) is 0 Å². The van der Waals surface area contributed by atoms with E-state index in [1.807, 2.05) is 0 Å². The first-order chi connectivity index (χ1) is 13.6. The molecule has 0 heterocycles. The maximum atomic E-state index is 12.7. The molecule has 1 rings (SSSR count). The highest BCUT2D eigenvalue weighted by Gasteiger charge is 2.33. The summed E-state index contributed by atoms with van der Waals surface area (Å²) in [6, 6.07) is 2.47. The maximum absolute atomic E-state index is 12.7. The summed E-state index contributed by atoms with van der Waals surface area (Å²) < 4.78 is 67.6. The van der Waals surface area contributed by atoms with Crippen LogP contribution in [0.1, 0.15) is 5.56 Å². The second-order valence-corrected chi connectivity index (χ2v) is 12.1. The minimum absolute atomic E-state index is 0.0798. The summed E-state index contributed by atoms with van der Waals surface area (Å²) in [5.41, 5.74) is -0.0958. The van der Waals surface area contributed by atoms with Crippen LogP contribution in [0.2, 0.25) is 0 Å². The van der Waals surface area contributed by atoms with Crippen LogP contribution in [-0.2, 0) is 33.4 Å². The Morgan fingerprint density at radius 1 is 0.759 bits per heavy atom. The Morgan fingerprint density at radius 3 is 1.48 bits per heavy atom. The molecule has 1 aromatic carbocycles. The van der Waals surface area contributed by atoms with Crippen LogP contribution in [0.25, 0.3) is 0 Å². The van der Waals surface area contributed by atoms with Gasteiger partial charge < -0.3 is 42.7 Å². The Labute approximate surface area is 168 Å². The fraction of sp³-hybridized carbons (Fsp3) is 0.571. The summed E-state index contributed by atoms with van der Waals surface area (Å²) in [4.78, 5) is 0. The van der Waals surface area contributed by atoms with Crippen LogP contribution in [-0.4, -0.2) is 62.8 Å². The number of hydrogen-bond donors (Lipinski definition) is 3. The molecule has 0 aromatic heterocycles. The lowest BCUT2D eigenvalue weighted by Crippen LogP contribution is -2.07. The van der Waals surface area contributed by atoms with Crippen LogP contribution in [0, 0.1) is 0 Å². The minimum Gasteiger partial charge on any atom is -0.496 e. The van der Waals surface area contributed by atoms with Gasteiger partial charge in [-0.15, -0.1) is 0 Å². The van der Waals surface area contributed by atoms with E-state index in [0.29, 0.717) is 0 Å². The molecule has 12 nitrogen and oxygen atoms in total. The number of ether oxygens (including phenoxy) is 1. The molecule has 0 fully saturated rings. The van der Waals surface area contributed by atoms with Crippen LogP contribution in [0.5, 0.6) is 17.2 Å². The summed E-state index contributed by atoms with van der Waals surface area (Å²) in [6.07, 6.45) is -3.31. The number of hydrogen-bond acceptors (Lipinski definition) is 12. The highest BCUT2D eigenvalue weighted by molar-refractivity contribution is 7.58. The second kappa shape index (κ2) is 10.9. The minimum atomic E-state index is -4.03. The van der Waals surface area contributed by atoms with Crippen molar-refractivity contribution in [3.63, 3.8) is 0 Å². The van der Waals surface area contributed by atoms with Gasteiger partial charge in [0.25, 0.3) is 0 Å². The lowest BCUT2D eigenvalue weighted by atomic mass is 10.2. The quantitative estimate of drug-likeness (QED) is 0.355. The Hall–Kier alpha value is -0.930. The molecule has 3 unspecified atom stereocenters. The number of methoxy groups -OCH3 is 1. The van der Waals surface area contributed by atoms with E-state index in [4.69, 9.17) is 27.4 Å². The van der Waals surface area contributed by atoms with E-state index in [2.05, 4.69) is 0 Å². The zero-order valence-corrected chi connectivity index (χ0v) is 19.0. The van der Waals surface area contributed by atoms with Gasteiger partial charge in [0, 0.05) is 39.0 Å². The molecular weight excluding hydrogens is 453 g/mol. The summed E-state index contributed by atoms with van der Waals surface area (Å²) in [7, 11) is -7.23. The predicted octanol–water partition coefficient (Wildman–Crippen LogP) is 2.41. The molecule has 168 valence electrons. The third kappa shape index (κ3) is 6.79. The fourth-order valence-corrected chi connectivity index (χ4v) is 4.55. The largest absolute Gasteiger partial charge is 0.496 e. The van der Waals surface area contributed by atoms with Crippen LogP contribution < -0.4 is 13.8 Å². The number of rotatable bonds is 13. The number of benzene rings is 1. The zero-order valence-electron chi connectivity index (χ0n) is 16.3. The highest BCUT2D eigenvalue weighted by Crippen LogP contribution is 2.57. The lowest BCUT2D eigenvalue weighted by molar-refractivity contribution is 0.259. The van der Waals surface area contributed by atoms with Gasteiger partial charge in [-0.05, 0) is 0 Å². The first kappa shape index (κ1) is 26.1. The van der Waals surface area contributed by atoms with Gasteiger partial charge in [0.2, 0.25) is 7.37 Å². The molecule has 29 heavy (non-hydrogen) atoms. The van der Waals surface area contributed by atoms with Crippen LogP contribution in [0.3, 0.4) is 0 Å². The van der Waals surface area contributed by atoms with Crippen LogP contribution in [0.4, 0.5) is 0 Å². The molecular formula is C14H25O12P3. The summed E-state index contributed by atoms with van der Waals surface area (Å²) in [5.74, 6) is -0.439. The Morgan fingerprint density at radius 2 is 1.21 bits per heavy atom. The Balaban J connectivity index is 3.71. The number of aliphatic hydroxyl groups is 3. The topological polar surface area (TPSA) is 167 Å². The highest BCUT2D eigenvalue weighted by atomic mass is 31.2. The van der Waals surface area contributed by atoms with Crippen molar-refractivity contribution in [2.75, 3.05) is 47.5 Å². The molecule has 0 aliphatic rings. The molecule has 0 aliphatic heterocycles. The summed E-state index contributed by atoms with van der Waals surface area (Å²) in [5, 5.41) is 28.1. The molecule has 0 bridgehead atoms. The second-order valence-electron chi connectivity index (χ2n) is 5.45. The first-order valence-corrected chi connectivity index (χ1v) is 13.4. The SMILES string of the molecule is COc1cc(OP(=O)(CO)OC)c(CP(=O)(CO)OC)c(OP(=O)(CO)OC)c1. The van der Waals surface area contributed by atoms with Gasteiger partial charge in [0.1, 0.15) is 23.6 Å². The molecule has 0 aliphatic carbocycles. The van der Waals surface area contributed by atoms with Crippen LogP contribution >= 0.6 is 22.6 Å². The molecule has 0 amide bonds. The molecule has 15 heteroatoms. The van der Waals surface area contributed by atoms with Gasteiger partial charge in [-0.2, -0.15) is 0 Å². The van der Waals surface area contributed by atoms with Gasteiger partial charge >= 0.3 is 15.2 Å². The van der Waals surface area contributed by atoms with Crippen molar-refractivity contribution in [1.29, 1.82) is 0 Å². The summed E-state index contributed by atoms with van der Waals surface area (Å²) >= 11 is 0. The third-order valence-electron chi connectivity index (χ3n) is 3.70. The molecule has 0 saturated heterocycles. The van der Waals surface area contributed by atoms with Crippen molar-refractivity contribution in [3.8, 4) is 17.2 Å². The average molecular weight is 478 g/mol. The summed E-state index contributed by atoms with van der Waals surface area (Å²) in [6.45, 7) is 0. The van der Waals surface area contributed by atoms with Gasteiger partial charge in [0.15, 0.2) is 12.7 Å². The van der Waals surface area contributed by atoms with Crippen LogP contribution in [0.15, 0.2) is 12.1 Å². The smallest absolute Gasteiger partial charge is 0.404 e. The van der Waals surface area contributed by atoms with Gasteiger partial charge in [-0.25, -0.2) is 9.13 Å². The van der Waals surface area contributed by atoms with Gasteiger partial charge in [-0.3, -0.25) is 4.57 Å². The van der Waals surface area contributed by atoms with Crippen molar-refractivity contribution < 1.29 is 56.4 Å². The molecule has 1 aromatic rings. The standard InChI is InChI=1S/C14H25O12P3/c1-21-11-5-13(25-28(19,9-16)23-3)12(7-27(18,8-15)22-2)14(6-11)26-29(20,10-17)24-4/h5-6,15-17H,7-10H2,1-4H3. The van der Waals surface area contributed by atoms with E-state index in [0.717, 1.165) is 21.3 Å². The fourth-order valence-electron chi connectivity index (χ4n) is 1.99.